The van der Waals surface area contributed by atoms with Gasteiger partial charge in [-0.25, -0.2) is 4.98 Å². The summed E-state index contributed by atoms with van der Waals surface area (Å²) in [5.74, 6) is 1.59. The summed E-state index contributed by atoms with van der Waals surface area (Å²) in [5.41, 5.74) is 2.51. The lowest BCUT2D eigenvalue weighted by molar-refractivity contribution is 0.302. The molecule has 3 heteroatoms. The van der Waals surface area contributed by atoms with Gasteiger partial charge in [0.25, 0.3) is 0 Å². The molecule has 0 fully saturated rings. The molecule has 0 saturated heterocycles. The molecule has 1 aromatic heterocycles. The van der Waals surface area contributed by atoms with Crippen molar-refractivity contribution in [2.75, 3.05) is 0 Å². The molecule has 0 aliphatic rings. The largest absolute Gasteiger partial charge is 0.489 e. The van der Waals surface area contributed by atoms with E-state index in [1.807, 2.05) is 12.3 Å². The van der Waals surface area contributed by atoms with E-state index in [9.17, 15) is 0 Å². The van der Waals surface area contributed by atoms with Crippen molar-refractivity contribution in [2.45, 2.75) is 51.0 Å². The van der Waals surface area contributed by atoms with E-state index in [4.69, 9.17) is 4.74 Å². The van der Waals surface area contributed by atoms with Crippen molar-refractivity contribution in [3.8, 4) is 5.75 Å². The topological polar surface area (TPSA) is 22.1 Å². The number of hydrogen-bond acceptors (Lipinski definition) is 3. The van der Waals surface area contributed by atoms with Crippen LogP contribution in [-0.2, 0) is 13.0 Å². The van der Waals surface area contributed by atoms with Crippen molar-refractivity contribution >= 4 is 11.8 Å². The first-order chi connectivity index (χ1) is 10.5. The normalized spacial score (nSPS) is 11.2. The highest BCUT2D eigenvalue weighted by Gasteiger charge is 2.07. The van der Waals surface area contributed by atoms with Gasteiger partial charge in [-0.3, -0.25) is 0 Å². The summed E-state index contributed by atoms with van der Waals surface area (Å²) >= 11 is 1.78. The van der Waals surface area contributed by atoms with Gasteiger partial charge < -0.3 is 4.74 Å². The van der Waals surface area contributed by atoms with E-state index in [2.05, 4.69) is 63.0 Å². The Labute approximate surface area is 138 Å². The maximum atomic E-state index is 5.92. The van der Waals surface area contributed by atoms with Gasteiger partial charge in [0.15, 0.2) is 0 Å². The second-order valence-electron chi connectivity index (χ2n) is 6.16. The smallest absolute Gasteiger partial charge is 0.119 e. The molecule has 0 radical (unpaired) electrons. The molecule has 1 aromatic carbocycles. The zero-order valence-corrected chi connectivity index (χ0v) is 14.7. The van der Waals surface area contributed by atoms with Gasteiger partial charge in [-0.1, -0.05) is 45.9 Å². The molecule has 0 N–H and O–H groups in total. The maximum absolute atomic E-state index is 5.92. The van der Waals surface area contributed by atoms with Crippen LogP contribution in [0.3, 0.4) is 0 Å². The highest BCUT2D eigenvalue weighted by molar-refractivity contribution is 7.99. The van der Waals surface area contributed by atoms with Gasteiger partial charge in [0, 0.05) is 17.0 Å². The van der Waals surface area contributed by atoms with E-state index >= 15 is 0 Å². The summed E-state index contributed by atoms with van der Waals surface area (Å²) in [6.45, 7) is 9.39. The van der Waals surface area contributed by atoms with Gasteiger partial charge in [0.2, 0.25) is 0 Å². The average molecular weight is 315 g/mol. The van der Waals surface area contributed by atoms with Crippen LogP contribution in [0.5, 0.6) is 5.75 Å². The second kappa shape index (κ2) is 8.23. The molecule has 0 aliphatic heterocycles. The zero-order valence-electron chi connectivity index (χ0n) is 13.9. The van der Waals surface area contributed by atoms with Crippen molar-refractivity contribution in [3.05, 3.63) is 53.7 Å². The zero-order chi connectivity index (χ0) is 15.9. The van der Waals surface area contributed by atoms with Crippen molar-refractivity contribution in [3.63, 3.8) is 0 Å². The summed E-state index contributed by atoms with van der Waals surface area (Å²) in [6, 6.07) is 12.5. The Bertz CT molecular complexity index is 578. The molecule has 0 aliphatic carbocycles. The highest BCUT2D eigenvalue weighted by Crippen LogP contribution is 2.25. The Kier molecular flexibility index (Phi) is 6.32. The van der Waals surface area contributed by atoms with Crippen LogP contribution < -0.4 is 4.74 Å². The molecular weight excluding hydrogens is 290 g/mol. The van der Waals surface area contributed by atoms with Crippen molar-refractivity contribution in [1.29, 1.82) is 0 Å². The summed E-state index contributed by atoms with van der Waals surface area (Å²) in [7, 11) is 0. The predicted molar refractivity (Wildman–Crippen MR) is 94.5 cm³/mol. The second-order valence-corrected chi connectivity index (χ2v) is 7.73. The van der Waals surface area contributed by atoms with Crippen LogP contribution in [0.2, 0.25) is 0 Å². The molecule has 0 bridgehead atoms. The summed E-state index contributed by atoms with van der Waals surface area (Å²) < 4.78 is 5.92. The van der Waals surface area contributed by atoms with Gasteiger partial charge in [0.1, 0.15) is 17.4 Å². The molecule has 0 amide bonds. The van der Waals surface area contributed by atoms with Crippen LogP contribution in [0.15, 0.2) is 47.6 Å². The van der Waals surface area contributed by atoms with Gasteiger partial charge in [-0.15, -0.1) is 11.8 Å². The summed E-state index contributed by atoms with van der Waals surface area (Å²) in [4.78, 5) is 4.46. The van der Waals surface area contributed by atoms with E-state index < -0.39 is 0 Å². The predicted octanol–water partition coefficient (Wildman–Crippen LogP) is 5.36. The minimum Gasteiger partial charge on any atom is -0.489 e. The number of nitrogens with zero attached hydrogens (tertiary/aromatic N) is 1. The molecule has 0 spiro atoms. The molecule has 2 rings (SSSR count). The first-order valence-electron chi connectivity index (χ1n) is 7.87. The summed E-state index contributed by atoms with van der Waals surface area (Å²) in [5, 5.41) is 1.58. The van der Waals surface area contributed by atoms with Crippen LogP contribution in [0.1, 0.15) is 38.8 Å². The number of thioether (sulfide) groups is 1. The Balaban J connectivity index is 1.98. The third kappa shape index (κ3) is 5.38. The monoisotopic (exact) mass is 315 g/mol. The number of hydrogen-bond donors (Lipinski definition) is 0. The van der Waals surface area contributed by atoms with E-state index in [1.165, 1.54) is 5.56 Å². The SMILES string of the molecule is CC(C)Cc1ccc(OCc2cccnc2SC(C)C)cc1. The highest BCUT2D eigenvalue weighted by atomic mass is 32.2. The van der Waals surface area contributed by atoms with E-state index in [0.717, 1.165) is 22.8 Å². The Morgan fingerprint density at radius 1 is 1.05 bits per heavy atom. The molecule has 1 heterocycles. The maximum Gasteiger partial charge on any atom is 0.119 e. The number of benzene rings is 1. The van der Waals surface area contributed by atoms with E-state index in [-0.39, 0.29) is 0 Å². The minimum atomic E-state index is 0.518. The summed E-state index contributed by atoms with van der Waals surface area (Å²) in [6.07, 6.45) is 2.95. The Hall–Kier alpha value is -1.48. The van der Waals surface area contributed by atoms with Gasteiger partial charge in [-0.05, 0) is 36.1 Å². The number of pyridine rings is 1. The number of aromatic nitrogens is 1. The van der Waals surface area contributed by atoms with Crippen LogP contribution in [0.4, 0.5) is 0 Å². The fraction of sp³-hybridized carbons (Fsp3) is 0.421. The van der Waals surface area contributed by atoms with E-state index in [1.54, 1.807) is 11.8 Å². The third-order valence-electron chi connectivity index (χ3n) is 3.16. The average Bonchev–Trinajstić information content (AvgIpc) is 2.47. The lowest BCUT2D eigenvalue weighted by atomic mass is 10.0. The first-order valence-corrected chi connectivity index (χ1v) is 8.75. The molecule has 2 aromatic rings. The Morgan fingerprint density at radius 3 is 2.41 bits per heavy atom. The molecule has 0 saturated carbocycles. The Morgan fingerprint density at radius 2 is 1.77 bits per heavy atom. The number of ether oxygens (including phenoxy) is 1. The molecule has 22 heavy (non-hydrogen) atoms. The fourth-order valence-corrected chi connectivity index (χ4v) is 3.06. The lowest BCUT2D eigenvalue weighted by Crippen LogP contribution is -2.01. The van der Waals surface area contributed by atoms with Crippen molar-refractivity contribution < 1.29 is 4.74 Å². The lowest BCUT2D eigenvalue weighted by Gasteiger charge is -2.12. The third-order valence-corrected chi connectivity index (χ3v) is 4.22. The molecular formula is C19H25NOS. The van der Waals surface area contributed by atoms with Gasteiger partial charge in [-0.2, -0.15) is 0 Å². The fourth-order valence-electron chi connectivity index (χ4n) is 2.22. The van der Waals surface area contributed by atoms with Crippen molar-refractivity contribution in [2.24, 2.45) is 5.92 Å². The van der Waals surface area contributed by atoms with E-state index in [0.29, 0.717) is 17.8 Å². The quantitative estimate of drug-likeness (QED) is 0.642. The van der Waals surface area contributed by atoms with Crippen molar-refractivity contribution in [1.82, 2.24) is 4.98 Å². The molecule has 0 unspecified atom stereocenters. The first kappa shape index (κ1) is 16.9. The molecule has 118 valence electrons. The standard InChI is InChI=1S/C19H25NOS/c1-14(2)12-16-7-9-18(10-8-16)21-13-17-6-5-11-20-19(17)22-15(3)4/h5-11,14-15H,12-13H2,1-4H3. The van der Waals surface area contributed by atoms with Crippen LogP contribution in [0.25, 0.3) is 0 Å². The molecule has 2 nitrogen and oxygen atoms in total. The number of rotatable bonds is 7. The van der Waals surface area contributed by atoms with Gasteiger partial charge in [0.05, 0.1) is 0 Å². The molecule has 0 atom stereocenters. The van der Waals surface area contributed by atoms with Gasteiger partial charge >= 0.3 is 0 Å². The van der Waals surface area contributed by atoms with Crippen LogP contribution >= 0.6 is 11.8 Å². The van der Waals surface area contributed by atoms with Crippen LogP contribution in [0, 0.1) is 5.92 Å². The minimum absolute atomic E-state index is 0.518. The van der Waals surface area contributed by atoms with Crippen LogP contribution in [-0.4, -0.2) is 10.2 Å².